The van der Waals surface area contributed by atoms with Crippen LogP contribution < -0.4 is 15.4 Å². The minimum Gasteiger partial charge on any atom is -0.495 e. The Kier molecular flexibility index (Phi) is 4.57. The van der Waals surface area contributed by atoms with Crippen molar-refractivity contribution in [3.05, 3.63) is 52.8 Å². The van der Waals surface area contributed by atoms with E-state index in [-0.39, 0.29) is 5.82 Å². The molecule has 2 aromatic rings. The normalized spacial score (nSPS) is 9.95. The van der Waals surface area contributed by atoms with Gasteiger partial charge in [0.1, 0.15) is 11.6 Å². The maximum atomic E-state index is 12.8. The summed E-state index contributed by atoms with van der Waals surface area (Å²) in [5.74, 6) is 0.187. The zero-order valence-electron chi connectivity index (χ0n) is 10.6. The Morgan fingerprint density at radius 2 is 1.85 bits per heavy atom. The highest BCUT2D eigenvalue weighted by molar-refractivity contribution is 9.10. The van der Waals surface area contributed by atoms with Crippen molar-refractivity contribution < 1.29 is 13.9 Å². The number of ether oxygens (including phenoxy) is 1. The summed E-state index contributed by atoms with van der Waals surface area (Å²) < 4.78 is 18.7. The van der Waals surface area contributed by atoms with Gasteiger partial charge in [-0.3, -0.25) is 0 Å². The number of rotatable bonds is 3. The molecule has 0 aliphatic heterocycles. The van der Waals surface area contributed by atoms with Crippen LogP contribution in [0.2, 0.25) is 0 Å². The number of carbonyl (C=O) groups excluding carboxylic acids is 1. The van der Waals surface area contributed by atoms with Crippen LogP contribution in [-0.4, -0.2) is 13.1 Å². The van der Waals surface area contributed by atoms with Crippen molar-refractivity contribution in [1.29, 1.82) is 0 Å². The Hall–Kier alpha value is -2.08. The lowest BCUT2D eigenvalue weighted by Gasteiger charge is -2.11. The first-order valence-corrected chi connectivity index (χ1v) is 6.55. The van der Waals surface area contributed by atoms with Gasteiger partial charge in [0, 0.05) is 10.2 Å². The molecule has 2 rings (SSSR count). The van der Waals surface area contributed by atoms with Gasteiger partial charge in [-0.1, -0.05) is 15.9 Å². The number of benzene rings is 2. The highest BCUT2D eigenvalue weighted by Crippen LogP contribution is 2.28. The van der Waals surface area contributed by atoms with E-state index in [1.165, 1.54) is 31.4 Å². The molecule has 20 heavy (non-hydrogen) atoms. The van der Waals surface area contributed by atoms with Crippen LogP contribution in [0.15, 0.2) is 46.9 Å². The van der Waals surface area contributed by atoms with Crippen LogP contribution in [-0.2, 0) is 0 Å². The fraction of sp³-hybridized carbons (Fsp3) is 0.0714. The highest BCUT2D eigenvalue weighted by atomic mass is 79.9. The van der Waals surface area contributed by atoms with Crippen LogP contribution in [0.1, 0.15) is 0 Å². The maximum absolute atomic E-state index is 12.8. The first kappa shape index (κ1) is 14.3. The van der Waals surface area contributed by atoms with Gasteiger partial charge in [-0.15, -0.1) is 0 Å². The zero-order chi connectivity index (χ0) is 14.5. The van der Waals surface area contributed by atoms with Gasteiger partial charge in [0.15, 0.2) is 0 Å². The number of nitrogens with one attached hydrogen (secondary N) is 2. The molecule has 0 radical (unpaired) electrons. The molecule has 2 amide bonds. The molecule has 0 aromatic heterocycles. The van der Waals surface area contributed by atoms with Crippen LogP contribution in [0.3, 0.4) is 0 Å². The van der Waals surface area contributed by atoms with Crippen molar-refractivity contribution in [3.8, 4) is 5.75 Å². The Labute approximate surface area is 124 Å². The van der Waals surface area contributed by atoms with E-state index in [9.17, 15) is 9.18 Å². The largest absolute Gasteiger partial charge is 0.495 e. The summed E-state index contributed by atoms with van der Waals surface area (Å²) in [5, 5.41) is 5.27. The molecule has 0 atom stereocenters. The van der Waals surface area contributed by atoms with E-state index in [4.69, 9.17) is 4.74 Å². The molecular weight excluding hydrogens is 327 g/mol. The first-order chi connectivity index (χ1) is 9.58. The minimum atomic E-state index is -0.437. The molecule has 0 saturated carbocycles. The molecule has 0 bridgehead atoms. The van der Waals surface area contributed by atoms with E-state index < -0.39 is 6.03 Å². The zero-order valence-corrected chi connectivity index (χ0v) is 12.2. The smallest absolute Gasteiger partial charge is 0.323 e. The second-order valence-electron chi connectivity index (χ2n) is 3.93. The lowest BCUT2D eigenvalue weighted by Crippen LogP contribution is -2.19. The summed E-state index contributed by atoms with van der Waals surface area (Å²) in [6, 6.07) is 10.3. The van der Waals surface area contributed by atoms with Crippen molar-refractivity contribution >= 4 is 33.3 Å². The van der Waals surface area contributed by atoms with Crippen molar-refractivity contribution in [2.24, 2.45) is 0 Å². The van der Waals surface area contributed by atoms with Crippen LogP contribution in [0, 0.1) is 5.82 Å². The molecule has 0 saturated heterocycles. The lowest BCUT2D eigenvalue weighted by molar-refractivity contribution is 0.262. The van der Waals surface area contributed by atoms with Gasteiger partial charge < -0.3 is 15.4 Å². The Morgan fingerprint density at radius 3 is 2.50 bits per heavy atom. The van der Waals surface area contributed by atoms with Crippen LogP contribution in [0.4, 0.5) is 20.6 Å². The second kappa shape index (κ2) is 6.38. The summed E-state index contributed by atoms with van der Waals surface area (Å²) in [6.45, 7) is 0. The number of hydrogen-bond acceptors (Lipinski definition) is 2. The van der Waals surface area contributed by atoms with E-state index in [0.717, 1.165) is 4.47 Å². The van der Waals surface area contributed by atoms with Crippen molar-refractivity contribution in [2.75, 3.05) is 17.7 Å². The Bertz CT molecular complexity index is 617. The van der Waals surface area contributed by atoms with E-state index in [2.05, 4.69) is 26.6 Å². The van der Waals surface area contributed by atoms with E-state index in [0.29, 0.717) is 17.1 Å². The predicted molar refractivity (Wildman–Crippen MR) is 79.7 cm³/mol. The Balaban J connectivity index is 2.08. The Morgan fingerprint density at radius 1 is 1.15 bits per heavy atom. The van der Waals surface area contributed by atoms with E-state index in [1.807, 2.05) is 6.07 Å². The van der Waals surface area contributed by atoms with Crippen molar-refractivity contribution in [3.63, 3.8) is 0 Å². The molecule has 0 fully saturated rings. The van der Waals surface area contributed by atoms with Gasteiger partial charge in [0.05, 0.1) is 12.8 Å². The first-order valence-electron chi connectivity index (χ1n) is 5.75. The summed E-state index contributed by atoms with van der Waals surface area (Å²) in [6.07, 6.45) is 0. The summed E-state index contributed by atoms with van der Waals surface area (Å²) in [5.41, 5.74) is 1.03. The van der Waals surface area contributed by atoms with Crippen LogP contribution >= 0.6 is 15.9 Å². The average Bonchev–Trinajstić information content (AvgIpc) is 2.41. The van der Waals surface area contributed by atoms with Crippen molar-refractivity contribution in [2.45, 2.75) is 0 Å². The maximum Gasteiger partial charge on any atom is 0.323 e. The molecule has 0 unspecified atom stereocenters. The second-order valence-corrected chi connectivity index (χ2v) is 4.85. The molecule has 6 heteroatoms. The van der Waals surface area contributed by atoms with E-state index in [1.54, 1.807) is 12.1 Å². The number of halogens is 2. The third-order valence-corrected chi connectivity index (χ3v) is 3.01. The summed E-state index contributed by atoms with van der Waals surface area (Å²) in [4.78, 5) is 11.9. The van der Waals surface area contributed by atoms with Gasteiger partial charge >= 0.3 is 6.03 Å². The molecule has 0 spiro atoms. The van der Waals surface area contributed by atoms with Crippen LogP contribution in [0.5, 0.6) is 5.75 Å². The van der Waals surface area contributed by atoms with E-state index >= 15 is 0 Å². The number of carbonyl (C=O) groups is 1. The van der Waals surface area contributed by atoms with Gasteiger partial charge in [0.25, 0.3) is 0 Å². The minimum absolute atomic E-state index is 0.357. The fourth-order valence-electron chi connectivity index (χ4n) is 1.60. The molecular formula is C14H12BrFN2O2. The third kappa shape index (κ3) is 3.71. The van der Waals surface area contributed by atoms with Gasteiger partial charge in [-0.25, -0.2) is 9.18 Å². The SMILES string of the molecule is COc1ccc(Br)cc1NC(=O)Nc1ccc(F)cc1. The molecule has 2 N–H and O–H groups in total. The van der Waals surface area contributed by atoms with Crippen LogP contribution in [0.25, 0.3) is 0 Å². The average molecular weight is 339 g/mol. The molecule has 4 nitrogen and oxygen atoms in total. The topological polar surface area (TPSA) is 50.4 Å². The lowest BCUT2D eigenvalue weighted by atomic mass is 10.3. The summed E-state index contributed by atoms with van der Waals surface area (Å²) in [7, 11) is 1.52. The third-order valence-electron chi connectivity index (χ3n) is 2.51. The van der Waals surface area contributed by atoms with Gasteiger partial charge in [0.2, 0.25) is 0 Å². The number of hydrogen-bond donors (Lipinski definition) is 2. The monoisotopic (exact) mass is 338 g/mol. The van der Waals surface area contributed by atoms with Gasteiger partial charge in [-0.05, 0) is 42.5 Å². The highest BCUT2D eigenvalue weighted by Gasteiger charge is 2.08. The summed E-state index contributed by atoms with van der Waals surface area (Å²) >= 11 is 3.32. The number of anilines is 2. The van der Waals surface area contributed by atoms with Gasteiger partial charge in [-0.2, -0.15) is 0 Å². The number of methoxy groups -OCH3 is 1. The molecule has 0 heterocycles. The molecule has 104 valence electrons. The number of amides is 2. The fourth-order valence-corrected chi connectivity index (χ4v) is 1.96. The molecule has 2 aromatic carbocycles. The standard InChI is InChI=1S/C14H12BrFN2O2/c1-20-13-7-2-9(15)8-12(13)18-14(19)17-11-5-3-10(16)4-6-11/h2-8H,1H3,(H2,17,18,19). The van der Waals surface area contributed by atoms with Crippen molar-refractivity contribution in [1.82, 2.24) is 0 Å². The number of urea groups is 1. The molecule has 0 aliphatic carbocycles. The molecule has 0 aliphatic rings. The quantitative estimate of drug-likeness (QED) is 0.879. The predicted octanol–water partition coefficient (Wildman–Crippen LogP) is 4.24.